The van der Waals surface area contributed by atoms with Gasteiger partial charge in [0, 0.05) is 6.54 Å². The van der Waals surface area contributed by atoms with Crippen LogP contribution in [0.15, 0.2) is 0 Å². The first-order chi connectivity index (χ1) is 8.90. The molecule has 8 heteroatoms. The molecule has 0 rings (SSSR count). The van der Waals surface area contributed by atoms with Crippen LogP contribution in [-0.2, 0) is 19.6 Å². The van der Waals surface area contributed by atoms with E-state index in [0.29, 0.717) is 12.8 Å². The largest absolute Gasteiger partial charge is 0.481 e. The van der Waals surface area contributed by atoms with Crippen LogP contribution in [-0.4, -0.2) is 43.7 Å². The van der Waals surface area contributed by atoms with Gasteiger partial charge in [0.25, 0.3) is 0 Å². The fraction of sp³-hybridized carbons (Fsp3) is 0.833. The summed E-state index contributed by atoms with van der Waals surface area (Å²) in [6, 6.07) is 0. The Morgan fingerprint density at radius 2 is 1.60 bits per heavy atom. The van der Waals surface area contributed by atoms with Gasteiger partial charge in [-0.3, -0.25) is 9.59 Å². The van der Waals surface area contributed by atoms with Crippen LogP contribution < -0.4 is 10.0 Å². The molecule has 0 aliphatic rings. The van der Waals surface area contributed by atoms with Crippen LogP contribution in [0.4, 0.5) is 0 Å². The zero-order valence-electron chi connectivity index (χ0n) is 12.6. The molecular formula is C12H24N2O5S. The number of hydrogen-bond donors (Lipinski definition) is 3. The summed E-state index contributed by atoms with van der Waals surface area (Å²) in [6.45, 7) is 6.28. The van der Waals surface area contributed by atoms with Crippen molar-refractivity contribution >= 4 is 21.9 Å². The topological polar surface area (TPSA) is 113 Å². The molecule has 0 radical (unpaired) electrons. The maximum absolute atomic E-state index is 12.0. The van der Waals surface area contributed by atoms with Gasteiger partial charge in [-0.25, -0.2) is 13.1 Å². The van der Waals surface area contributed by atoms with Crippen LogP contribution >= 0.6 is 0 Å². The molecule has 0 bridgehead atoms. The Kier molecular flexibility index (Phi) is 6.16. The number of sulfonamides is 1. The normalized spacial score (nSPS) is 13.1. The SMILES string of the molecule is CCC(CC)(CNC(=O)C(C)(C)NS(C)(=O)=O)C(=O)O. The zero-order valence-corrected chi connectivity index (χ0v) is 13.4. The number of rotatable bonds is 8. The van der Waals surface area contributed by atoms with Crippen molar-refractivity contribution in [1.29, 1.82) is 0 Å². The Morgan fingerprint density at radius 1 is 1.15 bits per heavy atom. The minimum atomic E-state index is -3.54. The third-order valence-electron chi connectivity index (χ3n) is 3.40. The highest BCUT2D eigenvalue weighted by molar-refractivity contribution is 7.88. The molecule has 0 atom stereocenters. The molecule has 0 aromatic heterocycles. The van der Waals surface area contributed by atoms with Crippen molar-refractivity contribution in [2.45, 2.75) is 46.1 Å². The molecule has 0 saturated heterocycles. The van der Waals surface area contributed by atoms with E-state index in [2.05, 4.69) is 10.0 Å². The highest BCUT2D eigenvalue weighted by Gasteiger charge is 2.37. The molecule has 118 valence electrons. The quantitative estimate of drug-likeness (QED) is 0.598. The second kappa shape index (κ2) is 6.53. The molecule has 20 heavy (non-hydrogen) atoms. The monoisotopic (exact) mass is 308 g/mol. The van der Waals surface area contributed by atoms with Gasteiger partial charge < -0.3 is 10.4 Å². The average Bonchev–Trinajstić information content (AvgIpc) is 2.27. The Balaban J connectivity index is 4.89. The fourth-order valence-electron chi connectivity index (χ4n) is 1.86. The van der Waals surface area contributed by atoms with Gasteiger partial charge in [-0.05, 0) is 26.7 Å². The number of carbonyl (C=O) groups excluding carboxylic acids is 1. The van der Waals surface area contributed by atoms with Gasteiger partial charge in [-0.15, -0.1) is 0 Å². The first kappa shape index (κ1) is 18.9. The highest BCUT2D eigenvalue weighted by Crippen LogP contribution is 2.25. The lowest BCUT2D eigenvalue weighted by molar-refractivity contribution is -0.149. The third-order valence-corrected chi connectivity index (χ3v) is 4.28. The van der Waals surface area contributed by atoms with Crippen LogP contribution in [0.3, 0.4) is 0 Å². The van der Waals surface area contributed by atoms with Crippen molar-refractivity contribution in [2.24, 2.45) is 5.41 Å². The van der Waals surface area contributed by atoms with Gasteiger partial charge in [-0.2, -0.15) is 0 Å². The number of carbonyl (C=O) groups is 2. The van der Waals surface area contributed by atoms with Crippen LogP contribution in [0.1, 0.15) is 40.5 Å². The van der Waals surface area contributed by atoms with E-state index in [1.807, 2.05) is 0 Å². The van der Waals surface area contributed by atoms with Gasteiger partial charge in [0.1, 0.15) is 5.54 Å². The zero-order chi connectivity index (χ0) is 16.2. The molecule has 0 aromatic carbocycles. The van der Waals surface area contributed by atoms with E-state index in [1.165, 1.54) is 13.8 Å². The van der Waals surface area contributed by atoms with Crippen molar-refractivity contribution < 1.29 is 23.1 Å². The van der Waals surface area contributed by atoms with E-state index >= 15 is 0 Å². The second-order valence-corrected chi connectivity index (χ2v) is 7.22. The lowest BCUT2D eigenvalue weighted by Gasteiger charge is -2.30. The summed E-state index contributed by atoms with van der Waals surface area (Å²) in [5.74, 6) is -1.54. The molecule has 7 nitrogen and oxygen atoms in total. The summed E-state index contributed by atoms with van der Waals surface area (Å²) in [4.78, 5) is 23.3. The molecule has 0 heterocycles. The smallest absolute Gasteiger partial charge is 0.311 e. The fourth-order valence-corrected chi connectivity index (χ4v) is 2.88. The maximum Gasteiger partial charge on any atom is 0.311 e. The lowest BCUT2D eigenvalue weighted by Crippen LogP contribution is -2.56. The number of aliphatic carboxylic acids is 1. The van der Waals surface area contributed by atoms with E-state index in [1.54, 1.807) is 13.8 Å². The van der Waals surface area contributed by atoms with Crippen molar-refractivity contribution in [3.05, 3.63) is 0 Å². The number of amides is 1. The van der Waals surface area contributed by atoms with E-state index in [4.69, 9.17) is 0 Å². The van der Waals surface area contributed by atoms with Gasteiger partial charge in [0.2, 0.25) is 15.9 Å². The van der Waals surface area contributed by atoms with Crippen LogP contribution in [0.5, 0.6) is 0 Å². The summed E-state index contributed by atoms with van der Waals surface area (Å²) < 4.78 is 24.6. The minimum absolute atomic E-state index is 0.0387. The van der Waals surface area contributed by atoms with Crippen LogP contribution in [0.25, 0.3) is 0 Å². The van der Waals surface area contributed by atoms with E-state index in [0.717, 1.165) is 6.26 Å². The number of carboxylic acid groups (broad SMARTS) is 1. The molecule has 1 amide bonds. The van der Waals surface area contributed by atoms with Gasteiger partial charge >= 0.3 is 5.97 Å². The molecule has 3 N–H and O–H groups in total. The summed E-state index contributed by atoms with van der Waals surface area (Å²) in [6.07, 6.45) is 1.71. The number of nitrogens with one attached hydrogen (secondary N) is 2. The Morgan fingerprint density at radius 3 is 1.90 bits per heavy atom. The van der Waals surface area contributed by atoms with Gasteiger partial charge in [0.05, 0.1) is 11.7 Å². The summed E-state index contributed by atoms with van der Waals surface area (Å²) in [5.41, 5.74) is -2.36. The minimum Gasteiger partial charge on any atom is -0.481 e. The van der Waals surface area contributed by atoms with Crippen LogP contribution in [0, 0.1) is 5.41 Å². The molecule has 0 spiro atoms. The first-order valence-corrected chi connectivity index (χ1v) is 8.30. The third kappa shape index (κ3) is 5.09. The Labute approximate surface area is 120 Å². The van der Waals surface area contributed by atoms with Crippen molar-refractivity contribution in [2.75, 3.05) is 12.8 Å². The molecule has 0 fully saturated rings. The average molecular weight is 308 g/mol. The number of hydrogen-bond acceptors (Lipinski definition) is 4. The van der Waals surface area contributed by atoms with Gasteiger partial charge in [0.15, 0.2) is 0 Å². The maximum atomic E-state index is 12.0. The summed E-state index contributed by atoms with van der Waals surface area (Å²) in [7, 11) is -3.54. The Bertz CT molecular complexity index is 466. The van der Waals surface area contributed by atoms with Crippen LogP contribution in [0.2, 0.25) is 0 Å². The van der Waals surface area contributed by atoms with E-state index in [9.17, 15) is 23.1 Å². The van der Waals surface area contributed by atoms with E-state index < -0.39 is 32.9 Å². The predicted molar refractivity (Wildman–Crippen MR) is 75.7 cm³/mol. The summed E-state index contributed by atoms with van der Waals surface area (Å²) in [5, 5.41) is 11.8. The first-order valence-electron chi connectivity index (χ1n) is 6.41. The lowest BCUT2D eigenvalue weighted by atomic mass is 9.82. The highest BCUT2D eigenvalue weighted by atomic mass is 32.2. The van der Waals surface area contributed by atoms with Gasteiger partial charge in [-0.1, -0.05) is 13.8 Å². The van der Waals surface area contributed by atoms with Crippen molar-refractivity contribution in [1.82, 2.24) is 10.0 Å². The molecule has 0 aromatic rings. The predicted octanol–water partition coefficient (Wildman–Crippen LogP) is 0.321. The molecule has 0 aliphatic heterocycles. The van der Waals surface area contributed by atoms with E-state index in [-0.39, 0.29) is 6.54 Å². The van der Waals surface area contributed by atoms with Crippen molar-refractivity contribution in [3.8, 4) is 0 Å². The molecular weight excluding hydrogens is 284 g/mol. The second-order valence-electron chi connectivity index (χ2n) is 5.47. The number of carboxylic acids is 1. The Hall–Kier alpha value is -1.15. The standard InChI is InChI=1S/C12H24N2O5S/c1-6-12(7-2,10(16)17)8-13-9(15)11(3,4)14-20(5,18)19/h14H,6-8H2,1-5H3,(H,13,15)(H,16,17). The molecule has 0 aliphatic carbocycles. The molecule has 0 unspecified atom stereocenters. The van der Waals surface area contributed by atoms with Crippen molar-refractivity contribution in [3.63, 3.8) is 0 Å². The molecule has 0 saturated carbocycles. The summed E-state index contributed by atoms with van der Waals surface area (Å²) >= 11 is 0.